The van der Waals surface area contributed by atoms with Crippen molar-refractivity contribution in [3.63, 3.8) is 0 Å². The van der Waals surface area contributed by atoms with Crippen molar-refractivity contribution in [3.05, 3.63) is 56.3 Å². The van der Waals surface area contributed by atoms with Crippen molar-refractivity contribution in [2.75, 3.05) is 12.4 Å². The van der Waals surface area contributed by atoms with Gasteiger partial charge in [0.2, 0.25) is 0 Å². The van der Waals surface area contributed by atoms with Crippen LogP contribution in [0.15, 0.2) is 40.9 Å². The zero-order valence-corrected chi connectivity index (χ0v) is 16.8. The molecule has 26 heavy (non-hydrogen) atoms. The Bertz CT molecular complexity index is 976. The van der Waals surface area contributed by atoms with E-state index in [0.29, 0.717) is 15.6 Å². The third-order valence-electron chi connectivity index (χ3n) is 3.80. The molecule has 6 nitrogen and oxygen atoms in total. The average molecular weight is 434 g/mol. The topological polar surface area (TPSA) is 73.2 Å². The Morgan fingerprint density at radius 3 is 2.46 bits per heavy atom. The second-order valence-electron chi connectivity index (χ2n) is 5.55. The van der Waals surface area contributed by atoms with Crippen LogP contribution in [0, 0.1) is 6.92 Å². The number of hydrogen-bond acceptors (Lipinski definition) is 5. The van der Waals surface area contributed by atoms with Crippen LogP contribution in [0.3, 0.4) is 0 Å². The normalized spacial score (nSPS) is 10.6. The molecule has 0 bridgehead atoms. The number of nitrogens with one attached hydrogen (secondary N) is 1. The highest BCUT2D eigenvalue weighted by molar-refractivity contribution is 9.10. The minimum atomic E-state index is -0.457. The molecule has 0 fully saturated rings. The molecule has 0 spiro atoms. The molecule has 2 aromatic heterocycles. The van der Waals surface area contributed by atoms with E-state index in [1.54, 1.807) is 23.9 Å². The van der Waals surface area contributed by atoms with Gasteiger partial charge in [-0.25, -0.2) is 4.79 Å². The molecule has 0 radical (unpaired) electrons. The molecule has 1 N–H and O–H groups in total. The van der Waals surface area contributed by atoms with E-state index in [0.717, 1.165) is 32.6 Å². The highest BCUT2D eigenvalue weighted by atomic mass is 79.9. The van der Waals surface area contributed by atoms with E-state index in [4.69, 9.17) is 0 Å². The number of nitrogens with zero attached hydrogens (tertiary/aromatic N) is 2. The number of benzene rings is 1. The maximum Gasteiger partial charge on any atom is 0.348 e. The van der Waals surface area contributed by atoms with E-state index >= 15 is 0 Å². The summed E-state index contributed by atoms with van der Waals surface area (Å²) in [6.45, 7) is 1.90. The van der Waals surface area contributed by atoms with E-state index in [1.165, 1.54) is 7.11 Å². The Morgan fingerprint density at radius 2 is 1.81 bits per heavy atom. The molecule has 0 aliphatic rings. The van der Waals surface area contributed by atoms with Gasteiger partial charge in [0.15, 0.2) is 0 Å². The number of ether oxygens (including phenoxy) is 1. The van der Waals surface area contributed by atoms with Gasteiger partial charge < -0.3 is 10.1 Å². The summed E-state index contributed by atoms with van der Waals surface area (Å²) in [6.07, 6.45) is 0. The molecular formula is C18H16BrN3O3S. The third-order valence-corrected chi connectivity index (χ3v) is 5.40. The van der Waals surface area contributed by atoms with Gasteiger partial charge in [-0.2, -0.15) is 5.10 Å². The van der Waals surface area contributed by atoms with Crippen molar-refractivity contribution in [1.82, 2.24) is 9.78 Å². The summed E-state index contributed by atoms with van der Waals surface area (Å²) in [6, 6.07) is 11.0. The first-order valence-electron chi connectivity index (χ1n) is 7.69. The van der Waals surface area contributed by atoms with Crippen LogP contribution < -0.4 is 5.32 Å². The zero-order valence-electron chi connectivity index (χ0n) is 14.4. The molecule has 1 aromatic carbocycles. The Hall–Kier alpha value is -2.45. The van der Waals surface area contributed by atoms with Crippen LogP contribution in [0.5, 0.6) is 0 Å². The molecule has 3 rings (SSSR count). The average Bonchev–Trinajstić information content (AvgIpc) is 3.21. The van der Waals surface area contributed by atoms with Crippen LogP contribution >= 0.6 is 27.3 Å². The van der Waals surface area contributed by atoms with Crippen LogP contribution in [-0.4, -0.2) is 28.8 Å². The molecule has 0 saturated heterocycles. The lowest BCUT2D eigenvalue weighted by atomic mass is 10.1. The largest absolute Gasteiger partial charge is 0.465 e. The molecule has 134 valence electrons. The number of amides is 1. The number of hydrogen-bond donors (Lipinski definition) is 1. The number of methoxy groups -OCH3 is 1. The molecule has 2 heterocycles. The maximum atomic E-state index is 12.6. The predicted molar refractivity (Wildman–Crippen MR) is 105 cm³/mol. The first-order valence-corrected chi connectivity index (χ1v) is 9.30. The Labute approximate surface area is 162 Å². The van der Waals surface area contributed by atoms with Crippen LogP contribution in [0.1, 0.15) is 25.0 Å². The minimum absolute atomic E-state index is 0.300. The smallest absolute Gasteiger partial charge is 0.348 e. The fourth-order valence-corrected chi connectivity index (χ4v) is 3.69. The molecule has 0 aliphatic heterocycles. The number of esters is 1. The Morgan fingerprint density at radius 1 is 1.15 bits per heavy atom. The summed E-state index contributed by atoms with van der Waals surface area (Å²) in [7, 11) is 3.09. The summed E-state index contributed by atoms with van der Waals surface area (Å²) < 4.78 is 7.29. The summed E-state index contributed by atoms with van der Waals surface area (Å²) in [5.41, 5.74) is 2.63. The molecule has 8 heteroatoms. The third kappa shape index (κ3) is 3.56. The van der Waals surface area contributed by atoms with Gasteiger partial charge in [-0.15, -0.1) is 11.3 Å². The lowest BCUT2D eigenvalue weighted by Gasteiger charge is -2.08. The lowest BCUT2D eigenvalue weighted by Crippen LogP contribution is -2.14. The van der Waals surface area contributed by atoms with E-state index in [2.05, 4.69) is 31.1 Å². The first kappa shape index (κ1) is 18.3. The molecular weight excluding hydrogens is 418 g/mol. The zero-order chi connectivity index (χ0) is 18.8. The minimum Gasteiger partial charge on any atom is -0.465 e. The van der Waals surface area contributed by atoms with Crippen molar-refractivity contribution in [1.29, 1.82) is 0 Å². The van der Waals surface area contributed by atoms with Crippen molar-refractivity contribution in [3.8, 4) is 11.1 Å². The number of anilines is 1. The van der Waals surface area contributed by atoms with Crippen molar-refractivity contribution >= 4 is 45.0 Å². The van der Waals surface area contributed by atoms with Gasteiger partial charge >= 0.3 is 5.97 Å². The SMILES string of the molecule is COC(=O)c1ccc(C(=O)Nc2c(-c3ccc(Br)cc3)c(C)nn2C)s1. The van der Waals surface area contributed by atoms with Gasteiger partial charge in [0, 0.05) is 17.1 Å². The maximum absolute atomic E-state index is 12.6. The predicted octanol–water partition coefficient (Wildman–Crippen LogP) is 4.26. The van der Waals surface area contributed by atoms with E-state index in [1.807, 2.05) is 31.2 Å². The fraction of sp³-hybridized carbons (Fsp3) is 0.167. The summed E-state index contributed by atoms with van der Waals surface area (Å²) >= 11 is 4.51. The number of thiophene rings is 1. The fourth-order valence-electron chi connectivity index (χ4n) is 2.60. The Kier molecular flexibility index (Phi) is 5.24. The van der Waals surface area contributed by atoms with Crippen molar-refractivity contribution < 1.29 is 14.3 Å². The summed E-state index contributed by atoms with van der Waals surface area (Å²) in [5.74, 6) is -0.157. The van der Waals surface area contributed by atoms with E-state index < -0.39 is 5.97 Å². The number of halogens is 1. The number of aryl methyl sites for hydroxylation is 2. The molecule has 0 aliphatic carbocycles. The second kappa shape index (κ2) is 7.43. The summed E-state index contributed by atoms with van der Waals surface area (Å²) in [4.78, 5) is 25.0. The van der Waals surface area contributed by atoms with Crippen LogP contribution in [0.2, 0.25) is 0 Å². The second-order valence-corrected chi connectivity index (χ2v) is 7.55. The quantitative estimate of drug-likeness (QED) is 0.623. The van der Waals surface area contributed by atoms with Crippen molar-refractivity contribution in [2.24, 2.45) is 7.05 Å². The number of carbonyl (C=O) groups excluding carboxylic acids is 2. The highest BCUT2D eigenvalue weighted by Crippen LogP contribution is 2.32. The molecule has 0 atom stereocenters. The standard InChI is InChI=1S/C18H16BrN3O3S/c1-10-15(11-4-6-12(19)7-5-11)16(22(2)21-10)20-17(23)13-8-9-14(26-13)18(24)25-3/h4-9H,1-3H3,(H,20,23). The van der Waals surface area contributed by atoms with Gasteiger partial charge in [0.1, 0.15) is 10.7 Å². The van der Waals surface area contributed by atoms with Crippen LogP contribution in [0.25, 0.3) is 11.1 Å². The molecule has 0 saturated carbocycles. The first-order chi connectivity index (χ1) is 12.4. The number of rotatable bonds is 4. The highest BCUT2D eigenvalue weighted by Gasteiger charge is 2.20. The monoisotopic (exact) mass is 433 g/mol. The van der Waals surface area contributed by atoms with Gasteiger partial charge in [-0.3, -0.25) is 9.48 Å². The van der Waals surface area contributed by atoms with Gasteiger partial charge in [-0.05, 0) is 36.8 Å². The van der Waals surface area contributed by atoms with Crippen LogP contribution in [0.4, 0.5) is 5.82 Å². The van der Waals surface area contributed by atoms with Crippen molar-refractivity contribution in [2.45, 2.75) is 6.92 Å². The molecule has 1 amide bonds. The van der Waals surface area contributed by atoms with Gasteiger partial charge in [-0.1, -0.05) is 28.1 Å². The molecule has 3 aromatic rings. The number of carbonyl (C=O) groups is 2. The lowest BCUT2D eigenvalue weighted by molar-refractivity contribution is 0.0606. The van der Waals surface area contributed by atoms with Gasteiger partial charge in [0.25, 0.3) is 5.91 Å². The van der Waals surface area contributed by atoms with E-state index in [9.17, 15) is 9.59 Å². The molecule has 0 unspecified atom stereocenters. The summed E-state index contributed by atoms with van der Waals surface area (Å²) in [5, 5.41) is 7.33. The van der Waals surface area contributed by atoms with Crippen LogP contribution in [-0.2, 0) is 11.8 Å². The Balaban J connectivity index is 1.92. The van der Waals surface area contributed by atoms with E-state index in [-0.39, 0.29) is 5.91 Å². The van der Waals surface area contributed by atoms with Gasteiger partial charge in [0.05, 0.1) is 17.7 Å². The number of aromatic nitrogens is 2.